The molecule has 5 nitrogen and oxygen atoms in total. The highest BCUT2D eigenvalue weighted by Gasteiger charge is 2.24. The van der Waals surface area contributed by atoms with Crippen LogP contribution < -0.4 is 9.47 Å². The lowest BCUT2D eigenvalue weighted by molar-refractivity contribution is 0.112. The van der Waals surface area contributed by atoms with Crippen LogP contribution in [-0.4, -0.2) is 29.7 Å². The van der Waals surface area contributed by atoms with E-state index in [2.05, 4.69) is 31.0 Å². The fourth-order valence-electron chi connectivity index (χ4n) is 2.49. The Kier molecular flexibility index (Phi) is 5.08. The molecule has 0 aliphatic heterocycles. The van der Waals surface area contributed by atoms with Gasteiger partial charge < -0.3 is 9.47 Å². The number of hydrogen-bond donors (Lipinski definition) is 1. The van der Waals surface area contributed by atoms with Gasteiger partial charge in [-0.1, -0.05) is 20.8 Å². The van der Waals surface area contributed by atoms with E-state index >= 15 is 0 Å². The minimum Gasteiger partial charge on any atom is -0.494 e. The van der Waals surface area contributed by atoms with Crippen LogP contribution in [-0.2, 0) is 5.41 Å². The molecule has 0 unspecified atom stereocenters. The van der Waals surface area contributed by atoms with Gasteiger partial charge in [-0.15, -0.1) is 0 Å². The van der Waals surface area contributed by atoms with Crippen LogP contribution in [0.15, 0.2) is 18.3 Å². The van der Waals surface area contributed by atoms with E-state index in [9.17, 15) is 4.79 Å². The molecular weight excluding hydrogens is 292 g/mol. The van der Waals surface area contributed by atoms with Gasteiger partial charge in [0.05, 0.1) is 30.7 Å². The van der Waals surface area contributed by atoms with Gasteiger partial charge in [-0.3, -0.25) is 9.89 Å². The number of aldehydes is 1. The minimum atomic E-state index is -0.0869. The molecule has 0 aliphatic carbocycles. The first-order valence-corrected chi connectivity index (χ1v) is 7.85. The summed E-state index contributed by atoms with van der Waals surface area (Å²) in [4.78, 5) is 11.2. The average Bonchev–Trinajstić information content (AvgIpc) is 2.96. The van der Waals surface area contributed by atoms with Gasteiger partial charge in [0.25, 0.3) is 0 Å². The number of aromatic amines is 1. The average molecular weight is 316 g/mol. The molecule has 0 saturated carbocycles. The molecule has 0 spiro atoms. The minimum absolute atomic E-state index is 0.0869. The standard InChI is InChI=1S/C18H24N2O3/c1-6-22-15-9-14(18(3,4)5)16(23-7-2)8-13(15)17-12(11-21)10-19-20-17/h8-11H,6-7H2,1-5H3,(H,19,20). The lowest BCUT2D eigenvalue weighted by Crippen LogP contribution is -2.14. The molecule has 0 fully saturated rings. The summed E-state index contributed by atoms with van der Waals surface area (Å²) in [6.45, 7) is 11.4. The summed E-state index contributed by atoms with van der Waals surface area (Å²) in [6.07, 6.45) is 2.29. The summed E-state index contributed by atoms with van der Waals surface area (Å²) < 4.78 is 11.6. The number of hydrogen-bond acceptors (Lipinski definition) is 4. The molecule has 2 aromatic rings. The van der Waals surface area contributed by atoms with Crippen molar-refractivity contribution in [3.8, 4) is 22.8 Å². The molecule has 1 N–H and O–H groups in total. The zero-order valence-corrected chi connectivity index (χ0v) is 14.4. The second kappa shape index (κ2) is 6.86. The molecular formula is C18H24N2O3. The van der Waals surface area contributed by atoms with Crippen LogP contribution in [0.25, 0.3) is 11.3 Å². The van der Waals surface area contributed by atoms with Crippen molar-refractivity contribution in [1.29, 1.82) is 0 Å². The number of H-pyrrole nitrogens is 1. The number of aromatic nitrogens is 2. The predicted molar refractivity (Wildman–Crippen MR) is 90.4 cm³/mol. The van der Waals surface area contributed by atoms with Crippen molar-refractivity contribution in [3.05, 3.63) is 29.5 Å². The van der Waals surface area contributed by atoms with E-state index < -0.39 is 0 Å². The Bertz CT molecular complexity index is 684. The van der Waals surface area contributed by atoms with E-state index in [-0.39, 0.29) is 5.41 Å². The highest BCUT2D eigenvalue weighted by molar-refractivity contribution is 5.87. The maximum Gasteiger partial charge on any atom is 0.153 e. The quantitative estimate of drug-likeness (QED) is 0.819. The van der Waals surface area contributed by atoms with Crippen molar-refractivity contribution in [2.45, 2.75) is 40.0 Å². The van der Waals surface area contributed by atoms with Crippen molar-refractivity contribution in [3.63, 3.8) is 0 Å². The number of nitrogens with zero attached hydrogens (tertiary/aromatic N) is 1. The first-order valence-electron chi connectivity index (χ1n) is 7.85. The Morgan fingerprint density at radius 2 is 1.78 bits per heavy atom. The molecule has 23 heavy (non-hydrogen) atoms. The van der Waals surface area contributed by atoms with Gasteiger partial charge in [0.15, 0.2) is 6.29 Å². The molecule has 1 aromatic heterocycles. The number of carbonyl (C=O) groups is 1. The molecule has 5 heteroatoms. The van der Waals surface area contributed by atoms with Crippen LogP contribution in [0.4, 0.5) is 0 Å². The largest absolute Gasteiger partial charge is 0.494 e. The SMILES string of the molecule is CCOc1cc(C(C)(C)C)c(OCC)cc1-c1[nH]ncc1C=O. The summed E-state index contributed by atoms with van der Waals surface area (Å²) in [6, 6.07) is 3.93. The summed E-state index contributed by atoms with van der Waals surface area (Å²) in [5, 5.41) is 6.85. The van der Waals surface area contributed by atoms with Crippen LogP contribution >= 0.6 is 0 Å². The summed E-state index contributed by atoms with van der Waals surface area (Å²) in [7, 11) is 0. The third kappa shape index (κ3) is 3.55. The highest BCUT2D eigenvalue weighted by Crippen LogP contribution is 2.41. The molecule has 124 valence electrons. The fourth-order valence-corrected chi connectivity index (χ4v) is 2.49. The zero-order valence-electron chi connectivity index (χ0n) is 14.4. The number of nitrogens with one attached hydrogen (secondary N) is 1. The number of benzene rings is 1. The normalized spacial score (nSPS) is 11.3. The first-order chi connectivity index (χ1) is 10.9. The van der Waals surface area contributed by atoms with Crippen LogP contribution in [0.2, 0.25) is 0 Å². The van der Waals surface area contributed by atoms with E-state index in [0.29, 0.717) is 30.2 Å². The molecule has 2 rings (SSSR count). The summed E-state index contributed by atoms with van der Waals surface area (Å²) in [5.74, 6) is 1.51. The fraction of sp³-hybridized carbons (Fsp3) is 0.444. The van der Waals surface area contributed by atoms with Gasteiger partial charge in [-0.25, -0.2) is 0 Å². The Hall–Kier alpha value is -2.30. The van der Waals surface area contributed by atoms with Crippen LogP contribution in [0.5, 0.6) is 11.5 Å². The maximum atomic E-state index is 11.2. The van der Waals surface area contributed by atoms with Gasteiger partial charge in [-0.2, -0.15) is 5.10 Å². The van der Waals surface area contributed by atoms with Crippen molar-refractivity contribution in [1.82, 2.24) is 10.2 Å². The second-order valence-electron chi connectivity index (χ2n) is 6.28. The van der Waals surface area contributed by atoms with Crippen molar-refractivity contribution in [2.75, 3.05) is 13.2 Å². The van der Waals surface area contributed by atoms with Gasteiger partial charge in [0, 0.05) is 11.1 Å². The smallest absolute Gasteiger partial charge is 0.153 e. The molecule has 1 heterocycles. The molecule has 1 aromatic carbocycles. The Balaban J connectivity index is 2.70. The number of carbonyl (C=O) groups excluding carboxylic acids is 1. The Morgan fingerprint density at radius 1 is 1.13 bits per heavy atom. The van der Waals surface area contributed by atoms with Gasteiger partial charge in [0.1, 0.15) is 11.5 Å². The zero-order chi connectivity index (χ0) is 17.0. The third-order valence-corrected chi connectivity index (χ3v) is 3.55. The van der Waals surface area contributed by atoms with Crippen LogP contribution in [0.3, 0.4) is 0 Å². The van der Waals surface area contributed by atoms with Crippen molar-refractivity contribution >= 4 is 6.29 Å². The number of ether oxygens (including phenoxy) is 2. The lowest BCUT2D eigenvalue weighted by atomic mass is 9.85. The van der Waals surface area contributed by atoms with E-state index in [1.807, 2.05) is 26.0 Å². The third-order valence-electron chi connectivity index (χ3n) is 3.55. The van der Waals surface area contributed by atoms with E-state index in [1.54, 1.807) is 0 Å². The number of rotatable bonds is 6. The maximum absolute atomic E-state index is 11.2. The topological polar surface area (TPSA) is 64.2 Å². The monoisotopic (exact) mass is 316 g/mol. The highest BCUT2D eigenvalue weighted by atomic mass is 16.5. The van der Waals surface area contributed by atoms with Crippen LogP contribution in [0.1, 0.15) is 50.5 Å². The van der Waals surface area contributed by atoms with Gasteiger partial charge >= 0.3 is 0 Å². The molecule has 0 aliphatic rings. The van der Waals surface area contributed by atoms with Gasteiger partial charge in [-0.05, 0) is 31.4 Å². The summed E-state index contributed by atoms with van der Waals surface area (Å²) >= 11 is 0. The molecule has 0 saturated heterocycles. The van der Waals surface area contributed by atoms with E-state index in [1.165, 1.54) is 6.20 Å². The molecule has 0 atom stereocenters. The Morgan fingerprint density at radius 3 is 2.35 bits per heavy atom. The van der Waals surface area contributed by atoms with Crippen molar-refractivity contribution < 1.29 is 14.3 Å². The first kappa shape index (κ1) is 17.1. The summed E-state index contributed by atoms with van der Waals surface area (Å²) in [5.41, 5.74) is 2.90. The van der Waals surface area contributed by atoms with Crippen molar-refractivity contribution in [2.24, 2.45) is 0 Å². The lowest BCUT2D eigenvalue weighted by Gasteiger charge is -2.25. The van der Waals surface area contributed by atoms with E-state index in [4.69, 9.17) is 9.47 Å². The molecule has 0 radical (unpaired) electrons. The van der Waals surface area contributed by atoms with Gasteiger partial charge in [0.2, 0.25) is 0 Å². The van der Waals surface area contributed by atoms with Crippen LogP contribution in [0, 0.1) is 0 Å². The second-order valence-corrected chi connectivity index (χ2v) is 6.28. The Labute approximate surface area is 137 Å². The van der Waals surface area contributed by atoms with E-state index in [0.717, 1.165) is 23.2 Å². The predicted octanol–water partition coefficient (Wildman–Crippen LogP) is 3.98. The molecule has 0 bridgehead atoms. The molecule has 0 amide bonds.